The number of hydrogen-bond acceptors (Lipinski definition) is 7. The lowest BCUT2D eigenvalue weighted by Gasteiger charge is -2.32. The van der Waals surface area contributed by atoms with E-state index in [0.717, 1.165) is 13.8 Å². The van der Waals surface area contributed by atoms with Crippen molar-refractivity contribution in [3.8, 4) is 0 Å². The van der Waals surface area contributed by atoms with Crippen LogP contribution in [-0.2, 0) is 14.3 Å². The quantitative estimate of drug-likeness (QED) is 0.250. The Balaban J connectivity index is 5.04. The molecule has 0 heterocycles. The second kappa shape index (κ2) is 11.7. The number of hydrogen-bond donors (Lipinski definition) is 5. The number of carbonyl (C=O) groups is 1. The van der Waals surface area contributed by atoms with Gasteiger partial charge in [-0.25, -0.2) is 4.39 Å². The summed E-state index contributed by atoms with van der Waals surface area (Å²) in [6.07, 6.45) is -7.94. The van der Waals surface area contributed by atoms with Gasteiger partial charge in [0.2, 0.25) is 0 Å². The number of nitrogens with one attached hydrogen (secondary N) is 1. The normalized spacial score (nSPS) is 18.0. The van der Waals surface area contributed by atoms with Gasteiger partial charge in [-0.15, -0.1) is 0 Å². The van der Waals surface area contributed by atoms with E-state index in [1.807, 2.05) is 5.32 Å². The molecule has 0 aromatic carbocycles. The van der Waals surface area contributed by atoms with Crippen molar-refractivity contribution in [2.75, 3.05) is 39.6 Å². The Morgan fingerprint density at radius 2 is 1.33 bits per heavy atom. The van der Waals surface area contributed by atoms with Crippen molar-refractivity contribution in [2.24, 2.45) is 5.92 Å². The van der Waals surface area contributed by atoms with Crippen LogP contribution in [0.15, 0.2) is 0 Å². The molecule has 0 aliphatic heterocycles. The number of aliphatic hydroxyl groups excluding tert-OH is 4. The summed E-state index contributed by atoms with van der Waals surface area (Å²) in [5.41, 5.74) is -4.14. The Hall–Kier alpha value is -1.05. The number of rotatable bonds is 13. The number of ether oxygens (including phenoxy) is 2. The summed E-state index contributed by atoms with van der Waals surface area (Å²) < 4.78 is 63.5. The molecule has 3 unspecified atom stereocenters. The number of amides is 1. The maximum atomic E-state index is 14.4. The van der Waals surface area contributed by atoms with Crippen LogP contribution < -0.4 is 5.32 Å². The average molecular weight is 409 g/mol. The van der Waals surface area contributed by atoms with Crippen LogP contribution in [0.2, 0.25) is 0 Å². The average Bonchev–Trinajstić information content (AvgIpc) is 2.58. The molecular weight excluding hydrogens is 382 g/mol. The summed E-state index contributed by atoms with van der Waals surface area (Å²) in [6, 6.07) is -1.24. The molecule has 0 aromatic heterocycles. The molecule has 0 aromatic rings. The van der Waals surface area contributed by atoms with Crippen molar-refractivity contribution >= 4 is 5.91 Å². The van der Waals surface area contributed by atoms with Gasteiger partial charge in [0.1, 0.15) is 12.2 Å². The minimum atomic E-state index is -5.45. The first-order valence-corrected chi connectivity index (χ1v) is 8.20. The van der Waals surface area contributed by atoms with Gasteiger partial charge in [0.25, 0.3) is 11.6 Å². The van der Waals surface area contributed by atoms with Gasteiger partial charge < -0.3 is 35.2 Å². The summed E-state index contributed by atoms with van der Waals surface area (Å²) in [5, 5.41) is 37.6. The predicted molar refractivity (Wildman–Crippen MR) is 84.5 cm³/mol. The lowest BCUT2D eigenvalue weighted by atomic mass is 9.90. The first kappa shape index (κ1) is 26.0. The van der Waals surface area contributed by atoms with E-state index in [4.69, 9.17) is 19.7 Å². The standard InChI is InChI=1S/C15H27F4NO7/c1-9(2)14(16,15(17,18)19)13(25)20-10(5-26-7-11(23)3-21)6-27-8-12(24)4-22/h9-12,21-24H,3-8H2,1-2H3,(H,20,25). The number of halogens is 4. The highest BCUT2D eigenvalue weighted by molar-refractivity contribution is 5.86. The van der Waals surface area contributed by atoms with Crippen LogP contribution in [0.3, 0.4) is 0 Å². The molecule has 0 fully saturated rings. The van der Waals surface area contributed by atoms with E-state index >= 15 is 0 Å². The first-order valence-electron chi connectivity index (χ1n) is 8.20. The summed E-state index contributed by atoms with van der Waals surface area (Å²) in [6.45, 7) is -1.10. The van der Waals surface area contributed by atoms with Crippen LogP contribution in [0.1, 0.15) is 13.8 Å². The second-order valence-electron chi connectivity index (χ2n) is 6.28. The zero-order valence-electron chi connectivity index (χ0n) is 15.1. The van der Waals surface area contributed by atoms with E-state index < -0.39 is 68.3 Å². The molecule has 0 saturated heterocycles. The van der Waals surface area contributed by atoms with Crippen LogP contribution in [0.5, 0.6) is 0 Å². The molecule has 27 heavy (non-hydrogen) atoms. The van der Waals surface area contributed by atoms with E-state index in [1.165, 1.54) is 0 Å². The van der Waals surface area contributed by atoms with Gasteiger partial charge in [0.15, 0.2) is 0 Å². The second-order valence-corrected chi connectivity index (χ2v) is 6.28. The summed E-state index contributed by atoms with van der Waals surface area (Å²) >= 11 is 0. The minimum Gasteiger partial charge on any atom is -0.394 e. The van der Waals surface area contributed by atoms with E-state index in [2.05, 4.69) is 0 Å². The maximum Gasteiger partial charge on any atom is 0.431 e. The van der Waals surface area contributed by atoms with E-state index in [0.29, 0.717) is 0 Å². The fraction of sp³-hybridized carbons (Fsp3) is 0.933. The van der Waals surface area contributed by atoms with Crippen LogP contribution in [-0.4, -0.2) is 96.1 Å². The molecule has 12 heteroatoms. The Morgan fingerprint density at radius 1 is 0.926 bits per heavy atom. The monoisotopic (exact) mass is 409 g/mol. The van der Waals surface area contributed by atoms with Crippen molar-refractivity contribution in [3.63, 3.8) is 0 Å². The van der Waals surface area contributed by atoms with Crippen LogP contribution in [0, 0.1) is 5.92 Å². The molecule has 5 N–H and O–H groups in total. The minimum absolute atomic E-state index is 0.383. The molecule has 162 valence electrons. The Bertz CT molecular complexity index is 423. The molecule has 0 bridgehead atoms. The summed E-state index contributed by atoms with van der Waals surface area (Å²) in [5.74, 6) is -3.62. The predicted octanol–water partition coefficient (Wildman–Crippen LogP) is -0.863. The maximum absolute atomic E-state index is 14.4. The van der Waals surface area contributed by atoms with Gasteiger partial charge in [-0.05, 0) is 0 Å². The van der Waals surface area contributed by atoms with Crippen LogP contribution in [0.25, 0.3) is 0 Å². The fourth-order valence-electron chi connectivity index (χ4n) is 1.94. The molecular formula is C15H27F4NO7. The molecule has 1 amide bonds. The fourth-order valence-corrected chi connectivity index (χ4v) is 1.94. The first-order chi connectivity index (χ1) is 12.4. The molecule has 0 aliphatic carbocycles. The Labute approximate surface area is 154 Å². The smallest absolute Gasteiger partial charge is 0.394 e. The zero-order chi connectivity index (χ0) is 21.3. The van der Waals surface area contributed by atoms with Crippen molar-refractivity contribution in [1.82, 2.24) is 5.32 Å². The van der Waals surface area contributed by atoms with Gasteiger partial charge in [-0.2, -0.15) is 13.2 Å². The molecule has 0 spiro atoms. The van der Waals surface area contributed by atoms with Crippen molar-refractivity contribution in [2.45, 2.75) is 43.9 Å². The zero-order valence-corrected chi connectivity index (χ0v) is 15.1. The van der Waals surface area contributed by atoms with Crippen LogP contribution >= 0.6 is 0 Å². The van der Waals surface area contributed by atoms with Gasteiger partial charge in [0, 0.05) is 5.92 Å². The third kappa shape index (κ3) is 8.23. The Kier molecular flexibility index (Phi) is 11.3. The van der Waals surface area contributed by atoms with E-state index in [1.54, 1.807) is 0 Å². The van der Waals surface area contributed by atoms with Gasteiger partial charge in [-0.3, -0.25) is 4.79 Å². The SMILES string of the molecule is CC(C)C(F)(C(=O)NC(COCC(O)CO)COCC(O)CO)C(F)(F)F. The largest absolute Gasteiger partial charge is 0.431 e. The topological polar surface area (TPSA) is 128 Å². The third-order valence-corrected chi connectivity index (χ3v) is 3.55. The molecule has 0 radical (unpaired) electrons. The van der Waals surface area contributed by atoms with Crippen molar-refractivity contribution in [3.05, 3.63) is 0 Å². The molecule has 8 nitrogen and oxygen atoms in total. The van der Waals surface area contributed by atoms with E-state index in [-0.39, 0.29) is 13.2 Å². The molecule has 0 aliphatic rings. The van der Waals surface area contributed by atoms with Crippen LogP contribution in [0.4, 0.5) is 17.6 Å². The number of aliphatic hydroxyl groups is 4. The Morgan fingerprint density at radius 3 is 1.63 bits per heavy atom. The number of alkyl halides is 4. The highest BCUT2D eigenvalue weighted by atomic mass is 19.4. The lowest BCUT2D eigenvalue weighted by Crippen LogP contribution is -2.60. The highest BCUT2D eigenvalue weighted by Gasteiger charge is 2.63. The van der Waals surface area contributed by atoms with E-state index in [9.17, 15) is 32.6 Å². The lowest BCUT2D eigenvalue weighted by molar-refractivity contribution is -0.239. The van der Waals surface area contributed by atoms with Gasteiger partial charge in [0.05, 0.1) is 45.7 Å². The number of carbonyl (C=O) groups excluding carboxylic acids is 1. The van der Waals surface area contributed by atoms with Crippen molar-refractivity contribution in [1.29, 1.82) is 0 Å². The van der Waals surface area contributed by atoms with Gasteiger partial charge >= 0.3 is 6.18 Å². The molecule has 0 rings (SSSR count). The summed E-state index contributed by atoms with van der Waals surface area (Å²) in [4.78, 5) is 12.0. The van der Waals surface area contributed by atoms with Crippen molar-refractivity contribution < 1.29 is 52.3 Å². The molecule has 0 saturated carbocycles. The highest BCUT2D eigenvalue weighted by Crippen LogP contribution is 2.40. The van der Waals surface area contributed by atoms with Gasteiger partial charge in [-0.1, -0.05) is 13.8 Å². The third-order valence-electron chi connectivity index (χ3n) is 3.55. The molecule has 3 atom stereocenters. The summed E-state index contributed by atoms with van der Waals surface area (Å²) in [7, 11) is 0.